The summed E-state index contributed by atoms with van der Waals surface area (Å²) >= 11 is 0. The maximum atomic E-state index is 14.2. The van der Waals surface area contributed by atoms with Gasteiger partial charge in [0.25, 0.3) is 0 Å². The zero-order valence-corrected chi connectivity index (χ0v) is 17.8. The van der Waals surface area contributed by atoms with Crippen LogP contribution in [-0.2, 0) is 22.4 Å². The summed E-state index contributed by atoms with van der Waals surface area (Å²) in [6, 6.07) is 12.0. The number of hydrogen-bond donors (Lipinski definition) is 1. The largest absolute Gasteiger partial charge is 0.465 e. The van der Waals surface area contributed by atoms with E-state index in [0.717, 1.165) is 5.56 Å². The average Bonchev–Trinajstić information content (AvgIpc) is 3.16. The van der Waals surface area contributed by atoms with Crippen LogP contribution in [0.1, 0.15) is 21.5 Å². The van der Waals surface area contributed by atoms with E-state index in [1.165, 1.54) is 25.2 Å². The highest BCUT2D eigenvalue weighted by Gasteiger charge is 2.27. The number of carbonyl (C=O) groups is 2. The Bertz CT molecular complexity index is 1160. The Kier molecular flexibility index (Phi) is 6.72. The number of aromatic amines is 1. The van der Waals surface area contributed by atoms with Crippen LogP contribution in [0.4, 0.5) is 9.18 Å². The molecule has 1 N–H and O–H groups in total. The second-order valence-electron chi connectivity index (χ2n) is 7.15. The number of hydrogen-bond acceptors (Lipinski definition) is 6. The second kappa shape index (κ2) is 9.46. The number of esters is 1. The van der Waals surface area contributed by atoms with E-state index < -0.39 is 29.7 Å². The maximum Gasteiger partial charge on any atom is 0.409 e. The van der Waals surface area contributed by atoms with Gasteiger partial charge in [-0.25, -0.2) is 9.59 Å². The molecule has 3 rings (SSSR count). The molecule has 2 aromatic carbocycles. The van der Waals surface area contributed by atoms with Gasteiger partial charge in [-0.1, -0.05) is 30.3 Å². The van der Waals surface area contributed by atoms with E-state index in [1.807, 2.05) is 0 Å². The van der Waals surface area contributed by atoms with Gasteiger partial charge in [-0.15, -0.1) is 0 Å². The van der Waals surface area contributed by atoms with Gasteiger partial charge in [0.05, 0.1) is 36.8 Å². The number of carbonyl (C=O) groups excluding carboxylic acids is 2. The first-order chi connectivity index (χ1) is 15.3. The monoisotopic (exact) mass is 443 g/mol. The predicted octanol–water partition coefficient (Wildman–Crippen LogP) is 3.93. The summed E-state index contributed by atoms with van der Waals surface area (Å²) in [6.45, 7) is 0.312. The molecule has 0 saturated heterocycles. The summed E-state index contributed by atoms with van der Waals surface area (Å²) in [5.74, 6) is -0.625. The molecule has 1 atom stereocenters. The number of nitrogens with one attached hydrogen (secondary N) is 1. The van der Waals surface area contributed by atoms with E-state index in [9.17, 15) is 24.1 Å². The normalized spacial score (nSPS) is 11.8. The van der Waals surface area contributed by atoms with Crippen molar-refractivity contribution >= 4 is 23.0 Å². The number of alkyl halides is 1. The van der Waals surface area contributed by atoms with Crippen molar-refractivity contribution in [2.75, 3.05) is 21.3 Å². The average molecular weight is 443 g/mol. The van der Waals surface area contributed by atoms with Crippen LogP contribution in [0.25, 0.3) is 22.2 Å². The third kappa shape index (κ3) is 4.53. The number of rotatable bonds is 7. The van der Waals surface area contributed by atoms with E-state index in [0.29, 0.717) is 34.3 Å². The number of amides is 1. The molecular formula is C22H22FN3O6. The number of nitro groups is 1. The first-order valence-corrected chi connectivity index (χ1v) is 9.64. The van der Waals surface area contributed by atoms with Crippen LogP contribution in [0.5, 0.6) is 0 Å². The Morgan fingerprint density at radius 1 is 1.16 bits per heavy atom. The van der Waals surface area contributed by atoms with Crippen molar-refractivity contribution in [2.24, 2.45) is 0 Å². The quantitative estimate of drug-likeness (QED) is 0.256. The van der Waals surface area contributed by atoms with Crippen LogP contribution >= 0.6 is 0 Å². The standard InChI is InChI=1S/C22H22FN3O6/c1-25(22(28)32-3)12-13-7-9-14(10-8-13)20-16(11-18(23)26(29)30)19-15(21(27)31-2)5-4-6-17(19)24-20/h4-10,18,24H,11-12H2,1-3H3. The highest BCUT2D eigenvalue weighted by atomic mass is 19.1. The van der Waals surface area contributed by atoms with Crippen LogP contribution in [0, 0.1) is 10.1 Å². The van der Waals surface area contributed by atoms with Crippen LogP contribution in [-0.4, -0.2) is 54.4 Å². The molecule has 1 amide bonds. The molecule has 1 heterocycles. The van der Waals surface area contributed by atoms with Gasteiger partial charge in [-0.2, -0.15) is 4.39 Å². The molecule has 32 heavy (non-hydrogen) atoms. The molecule has 1 unspecified atom stereocenters. The van der Waals surface area contributed by atoms with Crippen molar-refractivity contribution in [3.63, 3.8) is 0 Å². The van der Waals surface area contributed by atoms with Gasteiger partial charge in [-0.05, 0) is 28.8 Å². The first-order valence-electron chi connectivity index (χ1n) is 9.64. The van der Waals surface area contributed by atoms with Gasteiger partial charge in [0, 0.05) is 24.5 Å². The van der Waals surface area contributed by atoms with Crippen molar-refractivity contribution < 1.29 is 28.4 Å². The molecule has 0 aliphatic carbocycles. The van der Waals surface area contributed by atoms with Gasteiger partial charge >= 0.3 is 18.4 Å². The van der Waals surface area contributed by atoms with Gasteiger partial charge in [0.15, 0.2) is 0 Å². The van der Waals surface area contributed by atoms with Crippen LogP contribution in [0.15, 0.2) is 42.5 Å². The lowest BCUT2D eigenvalue weighted by Crippen LogP contribution is -2.25. The minimum Gasteiger partial charge on any atom is -0.465 e. The Morgan fingerprint density at radius 3 is 2.44 bits per heavy atom. The molecule has 1 aromatic heterocycles. The van der Waals surface area contributed by atoms with E-state index in [1.54, 1.807) is 43.4 Å². The number of ether oxygens (including phenoxy) is 2. The van der Waals surface area contributed by atoms with Gasteiger partial charge in [-0.3, -0.25) is 10.1 Å². The van der Waals surface area contributed by atoms with E-state index in [2.05, 4.69) is 9.72 Å². The molecule has 10 heteroatoms. The highest BCUT2D eigenvalue weighted by molar-refractivity contribution is 6.07. The fraction of sp³-hybridized carbons (Fsp3) is 0.273. The Labute approximate surface area is 182 Å². The third-order valence-electron chi connectivity index (χ3n) is 5.08. The molecule has 0 fully saturated rings. The number of halogens is 1. The van der Waals surface area contributed by atoms with Gasteiger partial charge < -0.3 is 19.4 Å². The fourth-order valence-electron chi connectivity index (χ4n) is 3.56. The van der Waals surface area contributed by atoms with Crippen molar-refractivity contribution in [3.8, 4) is 11.3 Å². The summed E-state index contributed by atoms with van der Waals surface area (Å²) in [5.41, 5.74) is 2.96. The second-order valence-corrected chi connectivity index (χ2v) is 7.15. The van der Waals surface area contributed by atoms with Crippen molar-refractivity contribution in [1.82, 2.24) is 9.88 Å². The molecule has 0 saturated carbocycles. The fourth-order valence-corrected chi connectivity index (χ4v) is 3.56. The van der Waals surface area contributed by atoms with Crippen molar-refractivity contribution in [3.05, 3.63) is 69.3 Å². The molecule has 0 aliphatic rings. The Hall–Kier alpha value is -3.95. The summed E-state index contributed by atoms with van der Waals surface area (Å²) in [7, 11) is 4.13. The molecule has 9 nitrogen and oxygen atoms in total. The van der Waals surface area contributed by atoms with E-state index in [4.69, 9.17) is 4.74 Å². The predicted molar refractivity (Wildman–Crippen MR) is 115 cm³/mol. The lowest BCUT2D eigenvalue weighted by molar-refractivity contribution is -0.552. The van der Waals surface area contributed by atoms with E-state index >= 15 is 0 Å². The summed E-state index contributed by atoms with van der Waals surface area (Å²) < 4.78 is 23.7. The zero-order valence-electron chi connectivity index (χ0n) is 17.8. The number of benzene rings is 2. The molecular weight excluding hydrogens is 421 g/mol. The lowest BCUT2D eigenvalue weighted by Gasteiger charge is -2.15. The molecule has 0 radical (unpaired) electrons. The van der Waals surface area contributed by atoms with Crippen molar-refractivity contribution in [1.29, 1.82) is 0 Å². The van der Waals surface area contributed by atoms with Crippen molar-refractivity contribution in [2.45, 2.75) is 19.3 Å². The third-order valence-corrected chi connectivity index (χ3v) is 5.08. The minimum absolute atomic E-state index is 0.189. The van der Waals surface area contributed by atoms with E-state index in [-0.39, 0.29) is 5.56 Å². The van der Waals surface area contributed by atoms with Crippen LogP contribution in [0.2, 0.25) is 0 Å². The topological polar surface area (TPSA) is 115 Å². The lowest BCUT2D eigenvalue weighted by atomic mass is 9.98. The maximum absolute atomic E-state index is 14.2. The number of aromatic nitrogens is 1. The number of nitrogens with zero attached hydrogens (tertiary/aromatic N) is 2. The number of methoxy groups -OCH3 is 2. The molecule has 0 aliphatic heterocycles. The number of fused-ring (bicyclic) bond motifs is 1. The van der Waals surface area contributed by atoms with Crippen LogP contribution < -0.4 is 0 Å². The Morgan fingerprint density at radius 2 is 1.84 bits per heavy atom. The SMILES string of the molecule is COC(=O)c1cccc2[nH]c(-c3ccc(CN(C)C(=O)OC)cc3)c(CC(F)[N+](=O)[O-])c12. The Balaban J connectivity index is 2.08. The first kappa shape index (κ1) is 22.7. The van der Waals surface area contributed by atoms with Gasteiger partial charge in [0.2, 0.25) is 0 Å². The smallest absolute Gasteiger partial charge is 0.409 e. The van der Waals surface area contributed by atoms with Gasteiger partial charge in [0.1, 0.15) is 0 Å². The number of H-pyrrole nitrogens is 1. The summed E-state index contributed by atoms with van der Waals surface area (Å²) in [5, 5.41) is 11.4. The highest BCUT2D eigenvalue weighted by Crippen LogP contribution is 2.34. The molecule has 0 bridgehead atoms. The summed E-state index contributed by atoms with van der Waals surface area (Å²) in [4.78, 5) is 38.4. The molecule has 3 aromatic rings. The summed E-state index contributed by atoms with van der Waals surface area (Å²) in [6.07, 6.45) is -3.34. The molecule has 0 spiro atoms. The molecule has 168 valence electrons. The van der Waals surface area contributed by atoms with Crippen LogP contribution in [0.3, 0.4) is 0 Å². The zero-order chi connectivity index (χ0) is 23.4. The minimum atomic E-state index is -2.34.